The van der Waals surface area contributed by atoms with Gasteiger partial charge in [-0.05, 0) is 24.8 Å². The van der Waals surface area contributed by atoms with Gasteiger partial charge in [-0.2, -0.15) is 23.4 Å². The van der Waals surface area contributed by atoms with Crippen LogP contribution < -0.4 is 10.2 Å². The number of aryl methyl sites for hydroxylation is 1. The lowest BCUT2D eigenvalue weighted by Gasteiger charge is -2.35. The van der Waals surface area contributed by atoms with Crippen molar-refractivity contribution in [1.82, 2.24) is 29.3 Å². The van der Waals surface area contributed by atoms with Crippen molar-refractivity contribution in [1.29, 1.82) is 0 Å². The van der Waals surface area contributed by atoms with E-state index in [4.69, 9.17) is 0 Å². The highest BCUT2D eigenvalue weighted by molar-refractivity contribution is 6.08. The normalized spacial score (nSPS) is 17.8. The minimum atomic E-state index is -4.68. The molecule has 32 heavy (non-hydrogen) atoms. The molecule has 2 fully saturated rings. The maximum atomic E-state index is 13.2. The van der Waals surface area contributed by atoms with Crippen LogP contribution in [0.2, 0.25) is 0 Å². The van der Waals surface area contributed by atoms with E-state index in [-0.39, 0.29) is 11.2 Å². The molecule has 0 unspecified atom stereocenters. The van der Waals surface area contributed by atoms with Gasteiger partial charge in [0.2, 0.25) is 0 Å². The van der Waals surface area contributed by atoms with Crippen LogP contribution in [-0.4, -0.2) is 67.9 Å². The number of carbonyl (C=O) groups excluding carboxylic acids is 1. The fourth-order valence-corrected chi connectivity index (χ4v) is 4.00. The first-order chi connectivity index (χ1) is 15.3. The monoisotopic (exact) mass is 448 g/mol. The molecule has 3 aromatic heterocycles. The second-order valence-corrected chi connectivity index (χ2v) is 8.36. The maximum Gasteiger partial charge on any atom is 0.437 e. The lowest BCUT2D eigenvalue weighted by atomic mass is 10.2. The second-order valence-electron chi connectivity index (χ2n) is 8.36. The summed E-state index contributed by atoms with van der Waals surface area (Å²) in [5.74, 6) is 0.842. The fourth-order valence-electron chi connectivity index (χ4n) is 4.00. The molecule has 1 saturated heterocycles. The highest BCUT2D eigenvalue weighted by Gasteiger charge is 2.38. The summed E-state index contributed by atoms with van der Waals surface area (Å²) >= 11 is 0. The highest BCUT2D eigenvalue weighted by Crippen LogP contribution is 2.34. The van der Waals surface area contributed by atoms with Gasteiger partial charge in [-0.15, -0.1) is 0 Å². The van der Waals surface area contributed by atoms with E-state index >= 15 is 0 Å². The van der Waals surface area contributed by atoms with Crippen LogP contribution in [0.25, 0.3) is 5.65 Å². The Balaban J connectivity index is 1.34. The van der Waals surface area contributed by atoms with Crippen LogP contribution in [-0.2, 0) is 13.2 Å². The van der Waals surface area contributed by atoms with E-state index in [1.54, 1.807) is 6.20 Å². The standard InChI is InChI=1S/C20H23F3N8O/c1-28-12-15(17(27-28)20(21,22)23)25-19(32)14-10-24-31-5-4-16(26-18(14)31)30-8-6-29(7-9-30)11-13-2-3-13/h4-5,10,12-13H,2-3,6-9,11H2,1H3,(H,25,32). The third-order valence-corrected chi connectivity index (χ3v) is 5.85. The SMILES string of the molecule is Cn1cc(NC(=O)c2cnn3ccc(N4CCN(CC5CC5)CC4)nc23)c(C(F)(F)F)n1. The van der Waals surface area contributed by atoms with Crippen molar-refractivity contribution in [3.8, 4) is 0 Å². The van der Waals surface area contributed by atoms with E-state index in [0.717, 1.165) is 55.3 Å². The smallest absolute Gasteiger partial charge is 0.354 e. The van der Waals surface area contributed by atoms with Crippen molar-refractivity contribution < 1.29 is 18.0 Å². The van der Waals surface area contributed by atoms with Crippen molar-refractivity contribution in [2.45, 2.75) is 19.0 Å². The van der Waals surface area contributed by atoms with Crippen molar-refractivity contribution >= 4 is 23.1 Å². The summed E-state index contributed by atoms with van der Waals surface area (Å²) in [4.78, 5) is 22.0. The first kappa shape index (κ1) is 20.7. The van der Waals surface area contributed by atoms with E-state index in [1.165, 1.54) is 30.6 Å². The summed E-state index contributed by atoms with van der Waals surface area (Å²) in [7, 11) is 1.36. The third kappa shape index (κ3) is 4.14. The van der Waals surface area contributed by atoms with E-state index in [9.17, 15) is 18.0 Å². The quantitative estimate of drug-likeness (QED) is 0.645. The van der Waals surface area contributed by atoms with Gasteiger partial charge in [0.1, 0.15) is 11.4 Å². The predicted molar refractivity (Wildman–Crippen MR) is 111 cm³/mol. The molecule has 0 bridgehead atoms. The number of piperazine rings is 1. The van der Waals surface area contributed by atoms with Crippen molar-refractivity contribution in [2.75, 3.05) is 42.9 Å². The first-order valence-electron chi connectivity index (χ1n) is 10.5. The number of halogens is 3. The van der Waals surface area contributed by atoms with Crippen molar-refractivity contribution in [2.24, 2.45) is 13.0 Å². The van der Waals surface area contributed by atoms with Crippen molar-refractivity contribution in [3.63, 3.8) is 0 Å². The summed E-state index contributed by atoms with van der Waals surface area (Å²) in [6, 6.07) is 1.83. The zero-order valence-electron chi connectivity index (χ0n) is 17.5. The van der Waals surface area contributed by atoms with Gasteiger partial charge < -0.3 is 10.2 Å². The summed E-state index contributed by atoms with van der Waals surface area (Å²) in [6.45, 7) is 4.72. The molecule has 12 heteroatoms. The molecule has 0 spiro atoms. The van der Waals surface area contributed by atoms with Crippen LogP contribution in [0, 0.1) is 5.92 Å². The van der Waals surface area contributed by atoms with Crippen LogP contribution in [0.1, 0.15) is 28.9 Å². The zero-order chi connectivity index (χ0) is 22.5. The predicted octanol–water partition coefficient (Wildman–Crippen LogP) is 2.27. The maximum absolute atomic E-state index is 13.2. The Morgan fingerprint density at radius 3 is 2.66 bits per heavy atom. The van der Waals surface area contributed by atoms with Gasteiger partial charge in [0.05, 0.1) is 11.9 Å². The average Bonchev–Trinajstić information content (AvgIpc) is 3.32. The Hall–Kier alpha value is -3.15. The topological polar surface area (TPSA) is 83.6 Å². The highest BCUT2D eigenvalue weighted by atomic mass is 19.4. The molecular formula is C20H23F3N8O. The molecule has 5 rings (SSSR count). The molecule has 1 aliphatic heterocycles. The minimum Gasteiger partial charge on any atom is -0.354 e. The molecule has 2 aliphatic rings. The molecule has 9 nitrogen and oxygen atoms in total. The summed E-state index contributed by atoms with van der Waals surface area (Å²) in [5.41, 5.74) is -1.18. The summed E-state index contributed by atoms with van der Waals surface area (Å²) < 4.78 is 42.1. The van der Waals surface area contributed by atoms with Crippen LogP contribution >= 0.6 is 0 Å². The molecular weight excluding hydrogens is 425 g/mol. The molecule has 0 atom stereocenters. The number of hydrogen-bond donors (Lipinski definition) is 1. The van der Waals surface area contributed by atoms with Gasteiger partial charge in [-0.1, -0.05) is 0 Å². The van der Waals surface area contributed by atoms with Gasteiger partial charge in [0.15, 0.2) is 11.3 Å². The van der Waals surface area contributed by atoms with Crippen LogP contribution in [0.5, 0.6) is 0 Å². The number of nitrogens with one attached hydrogen (secondary N) is 1. The Bertz CT molecular complexity index is 1140. The Morgan fingerprint density at radius 1 is 1.22 bits per heavy atom. The number of amides is 1. The zero-order valence-corrected chi connectivity index (χ0v) is 17.5. The van der Waals surface area contributed by atoms with Gasteiger partial charge in [-0.3, -0.25) is 14.4 Å². The lowest BCUT2D eigenvalue weighted by molar-refractivity contribution is -0.140. The van der Waals surface area contributed by atoms with Gasteiger partial charge in [0.25, 0.3) is 5.91 Å². The van der Waals surface area contributed by atoms with Crippen LogP contribution in [0.4, 0.5) is 24.7 Å². The van der Waals surface area contributed by atoms with E-state index in [2.05, 4.69) is 30.3 Å². The summed E-state index contributed by atoms with van der Waals surface area (Å²) in [5, 5.41) is 9.84. The largest absolute Gasteiger partial charge is 0.437 e. The van der Waals surface area contributed by atoms with Crippen molar-refractivity contribution in [3.05, 3.63) is 35.9 Å². The molecule has 0 aromatic carbocycles. The molecule has 1 saturated carbocycles. The first-order valence-corrected chi connectivity index (χ1v) is 10.5. The molecule has 4 heterocycles. The molecule has 0 radical (unpaired) electrons. The number of fused-ring (bicyclic) bond motifs is 1. The van der Waals surface area contributed by atoms with E-state index in [0.29, 0.717) is 0 Å². The Kier molecular flexibility index (Phi) is 5.03. The molecule has 170 valence electrons. The average molecular weight is 448 g/mol. The van der Waals surface area contributed by atoms with E-state index in [1.807, 2.05) is 6.07 Å². The Morgan fingerprint density at radius 2 is 1.97 bits per heavy atom. The number of carbonyl (C=O) groups is 1. The Labute approximate surface area is 181 Å². The fraction of sp³-hybridized carbons (Fsp3) is 0.500. The second kappa shape index (κ2) is 7.76. The van der Waals surface area contributed by atoms with Gasteiger partial charge in [0, 0.05) is 52.2 Å². The lowest BCUT2D eigenvalue weighted by Crippen LogP contribution is -2.47. The number of alkyl halides is 3. The summed E-state index contributed by atoms with van der Waals surface area (Å²) in [6.07, 6.45) is 2.10. The molecule has 1 amide bonds. The van der Waals surface area contributed by atoms with Gasteiger partial charge >= 0.3 is 6.18 Å². The van der Waals surface area contributed by atoms with E-state index < -0.39 is 23.5 Å². The van der Waals surface area contributed by atoms with Crippen LogP contribution in [0.15, 0.2) is 24.7 Å². The minimum absolute atomic E-state index is 0.0937. The van der Waals surface area contributed by atoms with Crippen LogP contribution in [0.3, 0.4) is 0 Å². The number of rotatable bonds is 5. The number of hydrogen-bond acceptors (Lipinski definition) is 6. The molecule has 1 aliphatic carbocycles. The number of aromatic nitrogens is 5. The van der Waals surface area contributed by atoms with Gasteiger partial charge in [-0.25, -0.2) is 9.50 Å². The molecule has 1 N–H and O–H groups in total. The number of anilines is 2. The number of nitrogens with zero attached hydrogens (tertiary/aromatic N) is 7. The third-order valence-electron chi connectivity index (χ3n) is 5.85. The molecule has 3 aromatic rings.